The van der Waals surface area contributed by atoms with Gasteiger partial charge in [0.05, 0.1) is 12.0 Å². The molecule has 2 aromatic carbocycles. The molecule has 2 aromatic rings. The minimum Gasteiger partial charge on any atom is -0.484 e. The van der Waals surface area contributed by atoms with Crippen LogP contribution in [0.2, 0.25) is 0 Å². The standard InChI is InChI=1S/C15H9Br2FO2/c16-8-1-4-14-11(5-8)13(19)7-15(20-14)10-3-2-9(18)6-12(10)17/h1-6,15H,7H2. The summed E-state index contributed by atoms with van der Waals surface area (Å²) in [6, 6.07) is 9.73. The normalized spacial score (nSPS) is 17.6. The van der Waals surface area contributed by atoms with Crippen molar-refractivity contribution in [2.75, 3.05) is 0 Å². The van der Waals surface area contributed by atoms with Gasteiger partial charge in [-0.05, 0) is 30.3 Å². The fourth-order valence-electron chi connectivity index (χ4n) is 2.23. The Labute approximate surface area is 132 Å². The van der Waals surface area contributed by atoms with Crippen molar-refractivity contribution in [2.45, 2.75) is 12.5 Å². The van der Waals surface area contributed by atoms with E-state index in [2.05, 4.69) is 31.9 Å². The van der Waals surface area contributed by atoms with Gasteiger partial charge in [-0.1, -0.05) is 37.9 Å². The lowest BCUT2D eigenvalue weighted by atomic mass is 9.96. The van der Waals surface area contributed by atoms with Gasteiger partial charge in [0.2, 0.25) is 0 Å². The second-order valence-electron chi connectivity index (χ2n) is 4.54. The molecule has 5 heteroatoms. The maximum atomic E-state index is 13.1. The first-order valence-electron chi connectivity index (χ1n) is 5.99. The number of benzene rings is 2. The average Bonchev–Trinajstić information content (AvgIpc) is 2.39. The molecule has 0 aliphatic carbocycles. The number of halogens is 3. The highest BCUT2D eigenvalue weighted by Crippen LogP contribution is 2.38. The van der Waals surface area contributed by atoms with Gasteiger partial charge >= 0.3 is 0 Å². The quantitative estimate of drug-likeness (QED) is 0.670. The van der Waals surface area contributed by atoms with Crippen molar-refractivity contribution in [3.8, 4) is 5.75 Å². The smallest absolute Gasteiger partial charge is 0.170 e. The first-order chi connectivity index (χ1) is 9.54. The number of ketones is 1. The van der Waals surface area contributed by atoms with Crippen LogP contribution in [-0.2, 0) is 0 Å². The van der Waals surface area contributed by atoms with E-state index >= 15 is 0 Å². The third-order valence-corrected chi connectivity index (χ3v) is 4.37. The van der Waals surface area contributed by atoms with Crippen LogP contribution in [0.15, 0.2) is 45.3 Å². The van der Waals surface area contributed by atoms with Crippen LogP contribution in [0.25, 0.3) is 0 Å². The van der Waals surface area contributed by atoms with Gasteiger partial charge in [-0.3, -0.25) is 4.79 Å². The highest BCUT2D eigenvalue weighted by atomic mass is 79.9. The lowest BCUT2D eigenvalue weighted by Gasteiger charge is -2.26. The van der Waals surface area contributed by atoms with E-state index < -0.39 is 6.10 Å². The van der Waals surface area contributed by atoms with E-state index in [4.69, 9.17) is 4.74 Å². The number of carbonyl (C=O) groups excluding carboxylic acids is 1. The van der Waals surface area contributed by atoms with Crippen LogP contribution in [0.1, 0.15) is 28.4 Å². The number of rotatable bonds is 1. The lowest BCUT2D eigenvalue weighted by Crippen LogP contribution is -2.20. The molecule has 0 bridgehead atoms. The Morgan fingerprint density at radius 3 is 2.70 bits per heavy atom. The van der Waals surface area contributed by atoms with Crippen molar-refractivity contribution in [1.29, 1.82) is 0 Å². The molecule has 2 nitrogen and oxygen atoms in total. The van der Waals surface area contributed by atoms with Gasteiger partial charge in [0.25, 0.3) is 0 Å². The summed E-state index contributed by atoms with van der Waals surface area (Å²) in [5.41, 5.74) is 1.35. The van der Waals surface area contributed by atoms with Gasteiger partial charge in [0, 0.05) is 14.5 Å². The molecule has 1 heterocycles. The third kappa shape index (κ3) is 2.52. The first-order valence-corrected chi connectivity index (χ1v) is 7.57. The molecule has 0 N–H and O–H groups in total. The summed E-state index contributed by atoms with van der Waals surface area (Å²) in [5, 5.41) is 0. The number of carbonyl (C=O) groups is 1. The SMILES string of the molecule is O=C1CC(c2ccc(F)cc2Br)Oc2ccc(Br)cc21. The van der Waals surface area contributed by atoms with Crippen molar-refractivity contribution in [2.24, 2.45) is 0 Å². The van der Waals surface area contributed by atoms with Gasteiger partial charge in [-0.25, -0.2) is 4.39 Å². The maximum absolute atomic E-state index is 13.1. The molecular weight excluding hydrogens is 391 g/mol. The molecule has 0 fully saturated rings. The van der Waals surface area contributed by atoms with Crippen molar-refractivity contribution in [3.63, 3.8) is 0 Å². The summed E-state index contributed by atoms with van der Waals surface area (Å²) in [6.07, 6.45) is -0.153. The van der Waals surface area contributed by atoms with Crippen molar-refractivity contribution < 1.29 is 13.9 Å². The van der Waals surface area contributed by atoms with E-state index in [-0.39, 0.29) is 18.0 Å². The van der Waals surface area contributed by atoms with Crippen molar-refractivity contribution in [1.82, 2.24) is 0 Å². The predicted molar refractivity (Wildman–Crippen MR) is 80.6 cm³/mol. The van der Waals surface area contributed by atoms with Crippen LogP contribution in [0, 0.1) is 5.82 Å². The summed E-state index contributed by atoms with van der Waals surface area (Å²) in [5.74, 6) is 0.256. The third-order valence-electron chi connectivity index (χ3n) is 3.19. The van der Waals surface area contributed by atoms with E-state index in [1.807, 2.05) is 6.07 Å². The molecule has 102 valence electrons. The van der Waals surface area contributed by atoms with E-state index in [9.17, 15) is 9.18 Å². The molecule has 0 radical (unpaired) electrons. The second-order valence-corrected chi connectivity index (χ2v) is 6.31. The Bertz CT molecular complexity index is 700. The van der Waals surface area contributed by atoms with Gasteiger partial charge in [0.1, 0.15) is 17.7 Å². The number of Topliss-reactive ketones (excluding diaryl/α,β-unsaturated/α-hetero) is 1. The topological polar surface area (TPSA) is 26.3 Å². The zero-order chi connectivity index (χ0) is 14.3. The molecule has 0 aromatic heterocycles. The van der Waals surface area contributed by atoms with Crippen LogP contribution < -0.4 is 4.74 Å². The van der Waals surface area contributed by atoms with Crippen LogP contribution >= 0.6 is 31.9 Å². The summed E-state index contributed by atoms with van der Waals surface area (Å²) in [4.78, 5) is 12.2. The number of ether oxygens (including phenoxy) is 1. The molecule has 0 saturated heterocycles. The zero-order valence-corrected chi connectivity index (χ0v) is 13.4. The second kappa shape index (κ2) is 5.30. The molecule has 1 aliphatic heterocycles. The molecule has 3 rings (SSSR count). The van der Waals surface area contributed by atoms with E-state index in [1.54, 1.807) is 18.2 Å². The average molecular weight is 400 g/mol. The van der Waals surface area contributed by atoms with Gasteiger partial charge in [0.15, 0.2) is 5.78 Å². The molecule has 1 atom stereocenters. The first kappa shape index (κ1) is 13.8. The predicted octanol–water partition coefficient (Wildman–Crippen LogP) is 5.06. The monoisotopic (exact) mass is 398 g/mol. The minimum absolute atomic E-state index is 0.0220. The largest absolute Gasteiger partial charge is 0.484 e. The maximum Gasteiger partial charge on any atom is 0.170 e. The fourth-order valence-corrected chi connectivity index (χ4v) is 3.20. The van der Waals surface area contributed by atoms with Crippen molar-refractivity contribution >= 4 is 37.6 Å². The van der Waals surface area contributed by atoms with Crippen LogP contribution in [0.5, 0.6) is 5.75 Å². The van der Waals surface area contributed by atoms with Crippen LogP contribution in [-0.4, -0.2) is 5.78 Å². The van der Waals surface area contributed by atoms with Gasteiger partial charge < -0.3 is 4.74 Å². The fraction of sp³-hybridized carbons (Fsp3) is 0.133. The minimum atomic E-state index is -0.397. The highest BCUT2D eigenvalue weighted by molar-refractivity contribution is 9.10. The summed E-state index contributed by atoms with van der Waals surface area (Å²) >= 11 is 6.66. The molecule has 20 heavy (non-hydrogen) atoms. The Hall–Kier alpha value is -1.20. The van der Waals surface area contributed by atoms with E-state index in [1.165, 1.54) is 12.1 Å². The zero-order valence-electron chi connectivity index (χ0n) is 10.2. The molecule has 1 unspecified atom stereocenters. The lowest BCUT2D eigenvalue weighted by molar-refractivity contribution is 0.0849. The Kier molecular flexibility index (Phi) is 3.65. The number of hydrogen-bond acceptors (Lipinski definition) is 2. The van der Waals surface area contributed by atoms with Crippen molar-refractivity contribution in [3.05, 3.63) is 62.3 Å². The molecular formula is C15H9Br2FO2. The summed E-state index contributed by atoms with van der Waals surface area (Å²) in [7, 11) is 0. The van der Waals surface area contributed by atoms with Crippen LogP contribution in [0.3, 0.4) is 0 Å². The Balaban J connectivity index is 1.99. The molecule has 0 spiro atoms. The van der Waals surface area contributed by atoms with E-state index in [0.717, 1.165) is 10.0 Å². The molecule has 0 saturated carbocycles. The summed E-state index contributed by atoms with van der Waals surface area (Å²) in [6.45, 7) is 0. The molecule has 1 aliphatic rings. The van der Waals surface area contributed by atoms with E-state index in [0.29, 0.717) is 15.8 Å². The van der Waals surface area contributed by atoms with Gasteiger partial charge in [-0.2, -0.15) is 0 Å². The Morgan fingerprint density at radius 2 is 1.95 bits per heavy atom. The van der Waals surface area contributed by atoms with Crippen LogP contribution in [0.4, 0.5) is 4.39 Å². The highest BCUT2D eigenvalue weighted by Gasteiger charge is 2.29. The number of hydrogen-bond donors (Lipinski definition) is 0. The van der Waals surface area contributed by atoms with Gasteiger partial charge in [-0.15, -0.1) is 0 Å². The Morgan fingerprint density at radius 1 is 1.15 bits per heavy atom. The summed E-state index contributed by atoms with van der Waals surface area (Å²) < 4.78 is 20.5. The molecule has 0 amide bonds. The number of fused-ring (bicyclic) bond motifs is 1.